The topological polar surface area (TPSA) is 267 Å². The van der Waals surface area contributed by atoms with Gasteiger partial charge in [0.15, 0.2) is 12.0 Å². The number of phenolic OH excluding ortho intramolecular Hbond substituents is 1. The fourth-order valence-electron chi connectivity index (χ4n) is 7.08. The van der Waals surface area contributed by atoms with Crippen LogP contribution in [0.5, 0.6) is 5.75 Å². The molecule has 1 aliphatic heterocycles. The number of nitrogens with zero attached hydrogens (tertiary/aromatic N) is 2. The van der Waals surface area contributed by atoms with Crippen LogP contribution in [0.1, 0.15) is 88.1 Å². The fourth-order valence-corrected chi connectivity index (χ4v) is 7.08. The number of ether oxygens (including phenoxy) is 1. The minimum absolute atomic E-state index is 0.0206. The van der Waals surface area contributed by atoms with Gasteiger partial charge in [-0.25, -0.2) is 14.1 Å². The first-order chi connectivity index (χ1) is 25.8. The standard InChI is InChI=1S/C39H59N9O7/c1-23-19-26(49)21-28-24(2)48(6,32(16-10-11-17-40)35(52)45-30(33(41)50)20-25-13-8-7-9-14-25)36(53)31(22-27(23)28)46-34(51)29(15-12-18-44-37(42)43)47-38(54)55-39(3,4)5/h7-9,13-14,19,21,24,29-32H,10-12,15-18,20,22,40H2,1-6H3,(H9-,41,42,43,44,45,46,47,49,50,51,52,54)/p+1/t24?,29-,30+,31+,32?,48?/m1/s1. The van der Waals surface area contributed by atoms with E-state index in [4.69, 9.17) is 27.7 Å². The van der Waals surface area contributed by atoms with E-state index in [0.29, 0.717) is 36.9 Å². The monoisotopic (exact) mass is 766 g/mol. The summed E-state index contributed by atoms with van der Waals surface area (Å²) in [5, 5.41) is 19.1. The van der Waals surface area contributed by atoms with E-state index in [2.05, 4.69) is 20.9 Å². The molecule has 0 aromatic heterocycles. The third kappa shape index (κ3) is 12.1. The number of nitrogens with two attached hydrogens (primary N) is 4. The molecule has 5 amide bonds. The summed E-state index contributed by atoms with van der Waals surface area (Å²) >= 11 is 0. The van der Waals surface area contributed by atoms with Gasteiger partial charge in [0.05, 0.1) is 7.05 Å². The molecule has 2 aromatic rings. The number of aliphatic imine (C=N–C) groups is 1. The molecule has 1 heterocycles. The van der Waals surface area contributed by atoms with E-state index in [0.717, 1.165) is 11.1 Å². The highest BCUT2D eigenvalue weighted by Crippen LogP contribution is 2.40. The number of amides is 5. The minimum Gasteiger partial charge on any atom is -0.508 e. The molecule has 0 saturated heterocycles. The lowest BCUT2D eigenvalue weighted by molar-refractivity contribution is -0.880. The van der Waals surface area contributed by atoms with Crippen LogP contribution in [0, 0.1) is 6.92 Å². The number of carbonyl (C=O) groups excluding carboxylic acids is 5. The molecule has 55 heavy (non-hydrogen) atoms. The second-order valence-electron chi connectivity index (χ2n) is 15.4. The first-order valence-corrected chi connectivity index (χ1v) is 18.7. The molecule has 12 N–H and O–H groups in total. The van der Waals surface area contributed by atoms with E-state index < -0.39 is 70.0 Å². The Hall–Kier alpha value is -5.22. The first-order valence-electron chi connectivity index (χ1n) is 18.7. The lowest BCUT2D eigenvalue weighted by atomic mass is 9.92. The van der Waals surface area contributed by atoms with Crippen LogP contribution in [-0.4, -0.2) is 95.2 Å². The number of guanidine groups is 1. The highest BCUT2D eigenvalue weighted by Gasteiger charge is 2.54. The molecule has 3 unspecified atom stereocenters. The van der Waals surface area contributed by atoms with Crippen molar-refractivity contribution in [3.63, 3.8) is 0 Å². The van der Waals surface area contributed by atoms with Crippen LogP contribution in [-0.2, 0) is 36.8 Å². The second kappa shape index (κ2) is 19.4. The number of rotatable bonds is 17. The summed E-state index contributed by atoms with van der Waals surface area (Å²) in [5.74, 6) is -2.60. The highest BCUT2D eigenvalue weighted by atomic mass is 16.6. The van der Waals surface area contributed by atoms with Gasteiger partial charge >= 0.3 is 12.0 Å². The van der Waals surface area contributed by atoms with Crippen molar-refractivity contribution in [2.45, 2.75) is 115 Å². The number of carbonyl (C=O) groups is 5. The average Bonchev–Trinajstić information content (AvgIpc) is 3.16. The molecule has 0 radical (unpaired) electrons. The molecule has 1 aliphatic rings. The normalized spacial score (nSPS) is 19.8. The Morgan fingerprint density at radius 3 is 2.25 bits per heavy atom. The molecule has 6 atom stereocenters. The number of phenols is 1. The third-order valence-corrected chi connectivity index (χ3v) is 10.0. The van der Waals surface area contributed by atoms with Crippen molar-refractivity contribution in [3.05, 3.63) is 64.7 Å². The van der Waals surface area contributed by atoms with Gasteiger partial charge in [-0.1, -0.05) is 30.3 Å². The maximum atomic E-state index is 15.2. The molecule has 16 nitrogen and oxygen atoms in total. The molecule has 0 fully saturated rings. The van der Waals surface area contributed by atoms with Crippen LogP contribution in [0.15, 0.2) is 47.5 Å². The number of aromatic hydroxyl groups is 1. The van der Waals surface area contributed by atoms with Crippen LogP contribution in [0.2, 0.25) is 0 Å². The van der Waals surface area contributed by atoms with Gasteiger partial charge in [0, 0.05) is 31.4 Å². The van der Waals surface area contributed by atoms with E-state index in [-0.39, 0.29) is 43.9 Å². The van der Waals surface area contributed by atoms with Gasteiger partial charge < -0.3 is 48.7 Å². The number of alkyl carbamates (subject to hydrolysis) is 1. The van der Waals surface area contributed by atoms with E-state index in [9.17, 15) is 24.3 Å². The van der Waals surface area contributed by atoms with Crippen molar-refractivity contribution in [2.75, 3.05) is 20.1 Å². The molecular weight excluding hydrogens is 706 g/mol. The van der Waals surface area contributed by atoms with E-state index in [1.807, 2.05) is 30.3 Å². The van der Waals surface area contributed by atoms with Crippen LogP contribution in [0.4, 0.5) is 4.79 Å². The lowest BCUT2D eigenvalue weighted by Crippen LogP contribution is -2.68. The zero-order valence-corrected chi connectivity index (χ0v) is 32.9. The van der Waals surface area contributed by atoms with Crippen LogP contribution in [0.3, 0.4) is 0 Å². The van der Waals surface area contributed by atoms with Gasteiger partial charge in [0.2, 0.25) is 11.8 Å². The number of benzene rings is 2. The Morgan fingerprint density at radius 2 is 1.65 bits per heavy atom. The zero-order valence-electron chi connectivity index (χ0n) is 32.9. The Labute approximate surface area is 323 Å². The Balaban J connectivity index is 2.10. The molecule has 2 aromatic carbocycles. The molecule has 0 aliphatic carbocycles. The Kier molecular flexibility index (Phi) is 15.6. The summed E-state index contributed by atoms with van der Waals surface area (Å²) in [6.45, 7) is 9.20. The van der Waals surface area contributed by atoms with E-state index >= 15 is 4.79 Å². The van der Waals surface area contributed by atoms with Crippen molar-refractivity contribution >= 4 is 35.7 Å². The number of quaternary nitrogens is 1. The van der Waals surface area contributed by atoms with Crippen molar-refractivity contribution < 1.29 is 38.3 Å². The minimum atomic E-state index is -1.19. The summed E-state index contributed by atoms with van der Waals surface area (Å²) in [5.41, 5.74) is 24.6. The Bertz CT molecular complexity index is 1710. The molecule has 0 bridgehead atoms. The fraction of sp³-hybridized carbons (Fsp3) is 0.538. The van der Waals surface area contributed by atoms with Crippen molar-refractivity contribution in [1.29, 1.82) is 0 Å². The molecule has 0 saturated carbocycles. The second-order valence-corrected chi connectivity index (χ2v) is 15.4. The average molecular weight is 767 g/mol. The summed E-state index contributed by atoms with van der Waals surface area (Å²) in [6, 6.07) is 7.06. The number of hydrogen-bond donors (Lipinski definition) is 8. The van der Waals surface area contributed by atoms with Gasteiger partial charge in [-0.2, -0.15) is 0 Å². The highest BCUT2D eigenvalue weighted by molar-refractivity contribution is 5.92. The smallest absolute Gasteiger partial charge is 0.408 e. The summed E-state index contributed by atoms with van der Waals surface area (Å²) in [4.78, 5) is 73.4. The quantitative estimate of drug-likeness (QED) is 0.0497. The number of fused-ring (bicyclic) bond motifs is 1. The SMILES string of the molecule is Cc1cc(O)cc2c1C[C@H](NC(=O)[C@@H](CCCN=C(N)N)NC(=O)OC(C)(C)C)C(=O)[N+](C)(C(CCCCN)C(=O)N[C@@H](Cc1ccccc1)C(N)=O)C2C. The van der Waals surface area contributed by atoms with Crippen LogP contribution < -0.4 is 38.9 Å². The zero-order chi connectivity index (χ0) is 41.1. The van der Waals surface area contributed by atoms with Gasteiger partial charge in [0.1, 0.15) is 35.5 Å². The number of primary amides is 1. The predicted molar refractivity (Wildman–Crippen MR) is 209 cm³/mol. The Morgan fingerprint density at radius 1 is 0.982 bits per heavy atom. The van der Waals surface area contributed by atoms with E-state index in [1.165, 1.54) is 0 Å². The first kappa shape index (κ1) is 44.2. The molecule has 16 heteroatoms. The number of aryl methyl sites for hydroxylation is 1. The number of likely N-dealkylation sites (N-methyl/N-ethyl adjacent to an activating group) is 1. The van der Waals surface area contributed by atoms with Gasteiger partial charge in [0.25, 0.3) is 5.91 Å². The number of nitrogens with one attached hydrogen (secondary N) is 3. The van der Waals surface area contributed by atoms with Crippen molar-refractivity contribution in [1.82, 2.24) is 16.0 Å². The van der Waals surface area contributed by atoms with Crippen LogP contribution >= 0.6 is 0 Å². The van der Waals surface area contributed by atoms with E-state index in [1.54, 1.807) is 53.8 Å². The summed E-state index contributed by atoms with van der Waals surface area (Å²) < 4.78 is 4.90. The predicted octanol–water partition coefficient (Wildman–Crippen LogP) is 1.43. The molecular formula is C39H60N9O7+. The maximum Gasteiger partial charge on any atom is 0.408 e. The number of hydrogen-bond acceptors (Lipinski definition) is 9. The van der Waals surface area contributed by atoms with Gasteiger partial charge in [-0.3, -0.25) is 19.4 Å². The summed E-state index contributed by atoms with van der Waals surface area (Å²) in [7, 11) is 1.63. The summed E-state index contributed by atoms with van der Waals surface area (Å²) in [6.07, 6.45) is 0.990. The van der Waals surface area contributed by atoms with Crippen LogP contribution in [0.25, 0.3) is 0 Å². The number of unbranched alkanes of at least 4 members (excludes halogenated alkanes) is 1. The van der Waals surface area contributed by atoms with Crippen molar-refractivity contribution in [3.8, 4) is 5.75 Å². The molecule has 302 valence electrons. The largest absolute Gasteiger partial charge is 0.508 e. The molecule has 0 spiro atoms. The lowest BCUT2D eigenvalue weighted by Gasteiger charge is -2.43. The molecule has 3 rings (SSSR count). The van der Waals surface area contributed by atoms with Crippen molar-refractivity contribution in [2.24, 2.45) is 27.9 Å². The third-order valence-electron chi connectivity index (χ3n) is 10.0. The van der Waals surface area contributed by atoms with Gasteiger partial charge in [-0.05, 0) is 95.7 Å². The maximum absolute atomic E-state index is 15.2. The van der Waals surface area contributed by atoms with Gasteiger partial charge in [-0.15, -0.1) is 0 Å².